The normalized spacial score (nSPS) is 15.6. The first-order valence-corrected chi connectivity index (χ1v) is 16.8. The lowest BCUT2D eigenvalue weighted by Crippen LogP contribution is -2.54. The Balaban J connectivity index is 2.17. The summed E-state index contributed by atoms with van der Waals surface area (Å²) in [6, 6.07) is 7.87. The predicted octanol–water partition coefficient (Wildman–Crippen LogP) is 5.44. The van der Waals surface area contributed by atoms with Gasteiger partial charge in [-0.1, -0.05) is 71.4 Å². The lowest BCUT2D eigenvalue weighted by Gasteiger charge is -2.36. The fourth-order valence-corrected chi connectivity index (χ4v) is 5.93. The second-order valence-corrected chi connectivity index (χ2v) is 14.3. The molecular weight excluding hydrogens is 608 g/mol. The Labute approximate surface area is 277 Å². The van der Waals surface area contributed by atoms with E-state index in [9.17, 15) is 29.4 Å². The van der Waals surface area contributed by atoms with Crippen LogP contribution in [0.1, 0.15) is 102 Å². The molecule has 0 saturated heterocycles. The monoisotopic (exact) mass is 660 g/mol. The van der Waals surface area contributed by atoms with Gasteiger partial charge in [-0.05, 0) is 51.0 Å². The molecule has 3 amide bonds. The molecule has 1 unspecified atom stereocenters. The molecular formula is C34H52N4O7S. The van der Waals surface area contributed by atoms with Gasteiger partial charge in [-0.15, -0.1) is 11.3 Å². The van der Waals surface area contributed by atoms with Gasteiger partial charge in [0, 0.05) is 30.9 Å². The Bertz CT molecular complexity index is 1290. The molecule has 11 nitrogen and oxygen atoms in total. The van der Waals surface area contributed by atoms with Gasteiger partial charge in [0.25, 0.3) is 5.91 Å². The number of likely N-dealkylation sites (N-methyl/N-ethyl adjacent to an activating group) is 1. The van der Waals surface area contributed by atoms with Crippen LogP contribution in [-0.4, -0.2) is 74.7 Å². The van der Waals surface area contributed by atoms with Crippen LogP contribution in [0.2, 0.25) is 0 Å². The number of nitrogens with zero attached hydrogens (tertiary/aromatic N) is 2. The third kappa shape index (κ3) is 12.0. The number of hydrogen-bond acceptors (Lipinski definition) is 8. The minimum absolute atomic E-state index is 0.0413. The van der Waals surface area contributed by atoms with Gasteiger partial charge in [0.2, 0.25) is 5.91 Å². The molecule has 1 aromatic carbocycles. The summed E-state index contributed by atoms with van der Waals surface area (Å²) in [5.41, 5.74) is 0.381. The lowest BCUT2D eigenvalue weighted by atomic mass is 9.93. The quantitative estimate of drug-likeness (QED) is 0.185. The molecule has 0 bridgehead atoms. The maximum atomic E-state index is 13.7. The molecule has 256 valence electrons. The van der Waals surface area contributed by atoms with Gasteiger partial charge in [0.15, 0.2) is 0 Å². The number of aliphatic carboxylic acids is 1. The van der Waals surface area contributed by atoms with Crippen LogP contribution >= 0.6 is 11.3 Å². The van der Waals surface area contributed by atoms with Crippen molar-refractivity contribution in [1.82, 2.24) is 20.5 Å². The van der Waals surface area contributed by atoms with Crippen molar-refractivity contribution in [1.29, 1.82) is 0 Å². The van der Waals surface area contributed by atoms with Crippen LogP contribution in [0.5, 0.6) is 0 Å². The Hall–Kier alpha value is -3.51. The Kier molecular flexibility index (Phi) is 14.6. The zero-order chi connectivity index (χ0) is 34.8. The van der Waals surface area contributed by atoms with Gasteiger partial charge in [0.05, 0.1) is 5.92 Å². The molecule has 1 heterocycles. The topological polar surface area (TPSA) is 158 Å². The molecule has 1 aromatic heterocycles. The highest BCUT2D eigenvalue weighted by Crippen LogP contribution is 2.28. The molecule has 0 saturated carbocycles. The molecule has 2 rings (SSSR count). The third-order valence-corrected chi connectivity index (χ3v) is 8.94. The first-order valence-electron chi connectivity index (χ1n) is 15.9. The number of carbonyl (C=O) groups excluding carboxylic acids is 3. The number of ether oxygens (including phenoxy) is 1. The number of aliphatic hydroxyl groups excluding tert-OH is 1. The number of amides is 3. The van der Waals surface area contributed by atoms with Crippen LogP contribution in [0.25, 0.3) is 0 Å². The van der Waals surface area contributed by atoms with Gasteiger partial charge < -0.3 is 30.5 Å². The summed E-state index contributed by atoms with van der Waals surface area (Å²) in [6.07, 6.45) is -0.200. The van der Waals surface area contributed by atoms with Crippen molar-refractivity contribution >= 4 is 35.2 Å². The molecule has 0 fully saturated rings. The third-order valence-electron chi connectivity index (χ3n) is 7.99. The smallest absolute Gasteiger partial charge is 0.408 e. The summed E-state index contributed by atoms with van der Waals surface area (Å²) in [7, 11) is 1.66. The first kappa shape index (κ1) is 38.7. The zero-order valence-corrected chi connectivity index (χ0v) is 29.4. The van der Waals surface area contributed by atoms with Crippen LogP contribution in [0.4, 0.5) is 4.79 Å². The maximum Gasteiger partial charge on any atom is 0.408 e. The van der Waals surface area contributed by atoms with E-state index in [4.69, 9.17) is 4.74 Å². The van der Waals surface area contributed by atoms with Crippen LogP contribution in [0, 0.1) is 17.8 Å². The highest BCUT2D eigenvalue weighted by molar-refractivity contribution is 7.09. The number of carboxylic acids is 1. The molecule has 0 spiro atoms. The van der Waals surface area contributed by atoms with E-state index < -0.39 is 53.7 Å². The number of thiazole rings is 1. The summed E-state index contributed by atoms with van der Waals surface area (Å²) in [5, 5.41) is 28.2. The number of nitrogens with one attached hydrogen (secondary N) is 2. The van der Waals surface area contributed by atoms with Gasteiger partial charge >= 0.3 is 12.1 Å². The Morgan fingerprint density at radius 3 is 2.20 bits per heavy atom. The van der Waals surface area contributed by atoms with E-state index in [2.05, 4.69) is 15.6 Å². The zero-order valence-electron chi connectivity index (χ0n) is 28.6. The van der Waals surface area contributed by atoms with Crippen LogP contribution in [0.3, 0.4) is 0 Å². The van der Waals surface area contributed by atoms with Crippen LogP contribution in [-0.2, 0) is 20.7 Å². The van der Waals surface area contributed by atoms with Gasteiger partial charge in [0.1, 0.15) is 28.4 Å². The maximum absolute atomic E-state index is 13.7. The molecule has 4 N–H and O–H groups in total. The summed E-state index contributed by atoms with van der Waals surface area (Å²) < 4.78 is 5.40. The van der Waals surface area contributed by atoms with Crippen LogP contribution in [0.15, 0.2) is 35.7 Å². The van der Waals surface area contributed by atoms with E-state index in [0.717, 1.165) is 16.9 Å². The average Bonchev–Trinajstić information content (AvgIpc) is 3.47. The molecule has 6 atom stereocenters. The van der Waals surface area contributed by atoms with Crippen molar-refractivity contribution in [2.75, 3.05) is 7.05 Å². The number of alkyl carbamates (subject to hydrolysis) is 1. The van der Waals surface area contributed by atoms with Gasteiger partial charge in [-0.25, -0.2) is 9.78 Å². The summed E-state index contributed by atoms with van der Waals surface area (Å²) in [6.45, 7) is 14.6. The van der Waals surface area contributed by atoms with Crippen molar-refractivity contribution in [3.8, 4) is 0 Å². The Morgan fingerprint density at radius 1 is 1.02 bits per heavy atom. The number of rotatable bonds is 16. The van der Waals surface area contributed by atoms with E-state index in [1.807, 2.05) is 58.0 Å². The number of hydrogen-bond donors (Lipinski definition) is 4. The average molecular weight is 661 g/mol. The van der Waals surface area contributed by atoms with Crippen molar-refractivity contribution in [2.45, 2.75) is 111 Å². The van der Waals surface area contributed by atoms with Gasteiger partial charge in [-0.2, -0.15) is 0 Å². The Morgan fingerprint density at radius 2 is 1.65 bits per heavy atom. The molecule has 0 aliphatic rings. The fourth-order valence-electron chi connectivity index (χ4n) is 5.13. The first-order chi connectivity index (χ1) is 21.4. The van der Waals surface area contributed by atoms with Crippen LogP contribution < -0.4 is 10.6 Å². The van der Waals surface area contributed by atoms with Crippen molar-refractivity contribution in [2.24, 2.45) is 17.8 Å². The minimum atomic E-state index is -1.05. The standard InChI is InChI=1S/C34H52N4O7S/c1-10-21(4)28(37-33(44)45-34(6,7)8)31(41)38(9)26(20(2)3)18-27(39)30-36-25(19-46-30)29(40)35-24(16-22(5)32(42)43)17-23-14-12-11-13-15-23/h11-15,19-22,24,26-28,39H,10,16-18H2,1-9H3,(H,35,40)(H,37,44)(H,42,43)/t21?,22-,24+,26+,27+,28-/m0/s1. The molecule has 12 heteroatoms. The number of aromatic nitrogens is 1. The summed E-state index contributed by atoms with van der Waals surface area (Å²) >= 11 is 1.15. The van der Waals surface area contributed by atoms with Crippen molar-refractivity contribution in [3.63, 3.8) is 0 Å². The number of carboxylic acid groups (broad SMARTS) is 1. The second-order valence-electron chi connectivity index (χ2n) is 13.4. The predicted molar refractivity (Wildman–Crippen MR) is 179 cm³/mol. The molecule has 0 radical (unpaired) electrons. The van der Waals surface area contributed by atoms with E-state index in [-0.39, 0.29) is 36.3 Å². The van der Waals surface area contributed by atoms with E-state index in [1.54, 1.807) is 45.0 Å². The van der Waals surface area contributed by atoms with Crippen molar-refractivity contribution < 1.29 is 34.1 Å². The molecule has 46 heavy (non-hydrogen) atoms. The van der Waals surface area contributed by atoms with E-state index >= 15 is 0 Å². The van der Waals surface area contributed by atoms with E-state index in [1.165, 1.54) is 0 Å². The van der Waals surface area contributed by atoms with E-state index in [0.29, 0.717) is 17.8 Å². The number of aliphatic hydroxyl groups is 1. The fraction of sp³-hybridized carbons (Fsp3) is 0.618. The summed E-state index contributed by atoms with van der Waals surface area (Å²) in [4.78, 5) is 57.0. The summed E-state index contributed by atoms with van der Waals surface area (Å²) in [5.74, 6) is -2.54. The highest BCUT2D eigenvalue weighted by atomic mass is 32.1. The SMILES string of the molecule is CCC(C)[C@H](NC(=O)OC(C)(C)C)C(=O)N(C)[C@H](C[C@@H](O)c1nc(C(=O)N[C@@H](Cc2ccccc2)C[C@H](C)C(=O)O)cs1)C(C)C. The number of carbonyl (C=O) groups is 4. The number of benzene rings is 1. The van der Waals surface area contributed by atoms with Crippen molar-refractivity contribution in [3.05, 3.63) is 52.0 Å². The minimum Gasteiger partial charge on any atom is -0.481 e. The molecule has 0 aliphatic heterocycles. The highest BCUT2D eigenvalue weighted by Gasteiger charge is 2.35. The molecule has 2 aromatic rings. The largest absolute Gasteiger partial charge is 0.481 e. The second kappa shape index (κ2) is 17.4. The molecule has 0 aliphatic carbocycles. The van der Waals surface area contributed by atoms with Gasteiger partial charge in [-0.3, -0.25) is 14.4 Å². The lowest BCUT2D eigenvalue weighted by molar-refractivity contribution is -0.141.